The summed E-state index contributed by atoms with van der Waals surface area (Å²) in [7, 11) is 0. The Morgan fingerprint density at radius 1 is 0.966 bits per heavy atom. The number of aliphatic hydroxyl groups is 1. The largest absolute Gasteiger partial charge is 0.423 e. The van der Waals surface area contributed by atoms with Gasteiger partial charge < -0.3 is 9.84 Å². The number of benzene rings is 3. The van der Waals surface area contributed by atoms with Gasteiger partial charge in [-0.3, -0.25) is 4.79 Å². The lowest BCUT2D eigenvalue weighted by molar-refractivity contribution is -0.129. The average Bonchev–Trinajstić information content (AvgIpc) is 2.75. The Morgan fingerprint density at radius 2 is 1.62 bits per heavy atom. The fourth-order valence-corrected chi connectivity index (χ4v) is 2.52. The van der Waals surface area contributed by atoms with Gasteiger partial charge >= 0.3 is 5.97 Å². The van der Waals surface area contributed by atoms with E-state index in [1.807, 2.05) is 0 Å². The van der Waals surface area contributed by atoms with Crippen LogP contribution in [-0.4, -0.2) is 23.2 Å². The van der Waals surface area contributed by atoms with Crippen LogP contribution in [0.1, 0.15) is 27.6 Å². The molecule has 0 radical (unpaired) electrons. The zero-order valence-corrected chi connectivity index (χ0v) is 15.9. The van der Waals surface area contributed by atoms with Gasteiger partial charge in [0, 0.05) is 5.02 Å². The van der Waals surface area contributed by atoms with Crippen LogP contribution in [0.4, 0.5) is 0 Å². The smallest absolute Gasteiger partial charge is 0.343 e. The molecule has 29 heavy (non-hydrogen) atoms. The summed E-state index contributed by atoms with van der Waals surface area (Å²) in [6.07, 6.45) is 0.114. The summed E-state index contributed by atoms with van der Waals surface area (Å²) >= 11 is 5.80. The van der Waals surface area contributed by atoms with Gasteiger partial charge in [0.1, 0.15) is 5.75 Å². The van der Waals surface area contributed by atoms with E-state index in [9.17, 15) is 14.7 Å². The number of carbonyl (C=O) groups excluding carboxylic acids is 2. The van der Waals surface area contributed by atoms with E-state index >= 15 is 0 Å². The molecule has 1 atom stereocenters. The first kappa shape index (κ1) is 20.3. The minimum atomic E-state index is -1.30. The number of esters is 1. The maximum atomic E-state index is 12.1. The molecule has 2 N–H and O–H groups in total. The van der Waals surface area contributed by atoms with Crippen LogP contribution in [0, 0.1) is 0 Å². The molecule has 0 aromatic heterocycles. The number of hydrazone groups is 1. The van der Waals surface area contributed by atoms with E-state index in [0.717, 1.165) is 0 Å². The highest BCUT2D eigenvalue weighted by Gasteiger charge is 2.15. The number of rotatable bonds is 6. The number of carbonyl (C=O) groups is 2. The van der Waals surface area contributed by atoms with Crippen molar-refractivity contribution >= 4 is 29.7 Å². The van der Waals surface area contributed by atoms with Crippen LogP contribution in [0.5, 0.6) is 5.75 Å². The second-order valence-corrected chi connectivity index (χ2v) is 6.45. The van der Waals surface area contributed by atoms with E-state index in [1.165, 1.54) is 6.21 Å². The molecule has 0 fully saturated rings. The maximum absolute atomic E-state index is 12.1. The molecule has 0 aliphatic carbocycles. The van der Waals surface area contributed by atoms with Crippen molar-refractivity contribution < 1.29 is 19.4 Å². The highest BCUT2D eigenvalue weighted by Crippen LogP contribution is 2.15. The van der Waals surface area contributed by atoms with Crippen LogP contribution in [0.25, 0.3) is 0 Å². The van der Waals surface area contributed by atoms with Crippen molar-refractivity contribution in [3.05, 3.63) is 101 Å². The molecule has 0 saturated carbocycles. The van der Waals surface area contributed by atoms with E-state index in [-0.39, 0.29) is 0 Å². The van der Waals surface area contributed by atoms with Gasteiger partial charge in [-0.05, 0) is 59.7 Å². The van der Waals surface area contributed by atoms with Crippen molar-refractivity contribution in [1.82, 2.24) is 5.43 Å². The minimum Gasteiger partial charge on any atom is -0.423 e. The Kier molecular flexibility index (Phi) is 6.73. The summed E-state index contributed by atoms with van der Waals surface area (Å²) in [6.45, 7) is 0. The molecule has 0 spiro atoms. The van der Waals surface area contributed by atoms with Crippen LogP contribution in [-0.2, 0) is 4.79 Å². The van der Waals surface area contributed by atoms with E-state index in [4.69, 9.17) is 16.3 Å². The Bertz CT molecular complexity index is 1000. The lowest BCUT2D eigenvalue weighted by atomic mass is 10.1. The Hall–Kier alpha value is -3.48. The van der Waals surface area contributed by atoms with Crippen LogP contribution in [0.2, 0.25) is 5.02 Å². The van der Waals surface area contributed by atoms with Crippen LogP contribution in [0.3, 0.4) is 0 Å². The lowest BCUT2D eigenvalue weighted by Gasteiger charge is -2.08. The number of hydrogen-bond acceptors (Lipinski definition) is 5. The third-order valence-electron chi connectivity index (χ3n) is 3.92. The second kappa shape index (κ2) is 9.64. The number of amides is 1. The summed E-state index contributed by atoms with van der Waals surface area (Å²) in [6, 6.07) is 21.5. The van der Waals surface area contributed by atoms with Crippen molar-refractivity contribution in [2.45, 2.75) is 6.10 Å². The van der Waals surface area contributed by atoms with E-state index in [1.54, 1.807) is 78.9 Å². The van der Waals surface area contributed by atoms with Crippen molar-refractivity contribution in [1.29, 1.82) is 0 Å². The molecule has 146 valence electrons. The molecule has 3 aromatic rings. The maximum Gasteiger partial charge on any atom is 0.343 e. The normalized spacial score (nSPS) is 11.8. The van der Waals surface area contributed by atoms with Crippen LogP contribution >= 0.6 is 11.6 Å². The number of aliphatic hydroxyl groups excluding tert-OH is 1. The van der Waals surface area contributed by atoms with Crippen molar-refractivity contribution in [2.24, 2.45) is 5.10 Å². The fourth-order valence-electron chi connectivity index (χ4n) is 2.39. The van der Waals surface area contributed by atoms with E-state index in [0.29, 0.717) is 27.5 Å². The zero-order chi connectivity index (χ0) is 20.6. The first-order chi connectivity index (χ1) is 14.0. The molecule has 0 bridgehead atoms. The molecule has 0 aliphatic heterocycles. The number of ether oxygens (including phenoxy) is 1. The fraction of sp³-hybridized carbons (Fsp3) is 0.0455. The third-order valence-corrected chi connectivity index (χ3v) is 4.17. The number of hydrogen-bond donors (Lipinski definition) is 2. The number of nitrogens with one attached hydrogen (secondary N) is 1. The predicted molar refractivity (Wildman–Crippen MR) is 110 cm³/mol. The molecular formula is C22H17ClN2O4. The monoisotopic (exact) mass is 408 g/mol. The summed E-state index contributed by atoms with van der Waals surface area (Å²) in [5, 5.41) is 14.3. The summed E-state index contributed by atoms with van der Waals surface area (Å²) in [5.74, 6) is -0.767. The molecule has 6 nitrogen and oxygen atoms in total. The molecule has 7 heteroatoms. The molecule has 1 amide bonds. The predicted octanol–water partition coefficient (Wildman–Crippen LogP) is 3.74. The van der Waals surface area contributed by atoms with Gasteiger partial charge in [-0.25, -0.2) is 10.2 Å². The van der Waals surface area contributed by atoms with Crippen LogP contribution in [0.15, 0.2) is 84.0 Å². The highest BCUT2D eigenvalue weighted by atomic mass is 35.5. The van der Waals surface area contributed by atoms with E-state index in [2.05, 4.69) is 10.5 Å². The SMILES string of the molecule is O=C(Oc1ccc(C=NNC(=O)C(O)c2ccccc2)cc1)c1ccc(Cl)cc1. The Balaban J connectivity index is 1.54. The second-order valence-electron chi connectivity index (χ2n) is 6.01. The molecule has 3 aromatic carbocycles. The number of halogens is 1. The first-order valence-electron chi connectivity index (χ1n) is 8.66. The van der Waals surface area contributed by atoms with Gasteiger partial charge in [-0.15, -0.1) is 0 Å². The van der Waals surface area contributed by atoms with Crippen molar-refractivity contribution in [2.75, 3.05) is 0 Å². The molecule has 0 aliphatic rings. The van der Waals surface area contributed by atoms with Gasteiger partial charge in [0.2, 0.25) is 0 Å². The van der Waals surface area contributed by atoms with Crippen molar-refractivity contribution in [3.63, 3.8) is 0 Å². The Morgan fingerprint density at radius 3 is 2.28 bits per heavy atom. The van der Waals surface area contributed by atoms with E-state index < -0.39 is 18.0 Å². The summed E-state index contributed by atoms with van der Waals surface area (Å²) in [5.41, 5.74) is 3.83. The van der Waals surface area contributed by atoms with Gasteiger partial charge in [-0.1, -0.05) is 41.9 Å². The summed E-state index contributed by atoms with van der Waals surface area (Å²) in [4.78, 5) is 24.0. The summed E-state index contributed by atoms with van der Waals surface area (Å²) < 4.78 is 5.29. The first-order valence-corrected chi connectivity index (χ1v) is 9.04. The Labute approximate surface area is 172 Å². The molecule has 0 heterocycles. The van der Waals surface area contributed by atoms with Gasteiger partial charge in [0.25, 0.3) is 5.91 Å². The quantitative estimate of drug-likeness (QED) is 0.281. The standard InChI is InChI=1S/C22H17ClN2O4/c23-18-10-8-17(9-11-18)22(28)29-19-12-6-15(7-13-19)14-24-25-21(27)20(26)16-4-2-1-3-5-16/h1-14,20,26H,(H,25,27). The van der Waals surface area contributed by atoms with Gasteiger partial charge in [0.15, 0.2) is 6.10 Å². The molecular weight excluding hydrogens is 392 g/mol. The number of nitrogens with zero attached hydrogens (tertiary/aromatic N) is 1. The van der Waals surface area contributed by atoms with Crippen molar-refractivity contribution in [3.8, 4) is 5.75 Å². The molecule has 3 rings (SSSR count). The molecule has 0 saturated heterocycles. The molecule has 1 unspecified atom stereocenters. The van der Waals surface area contributed by atoms with Gasteiger partial charge in [0.05, 0.1) is 11.8 Å². The van der Waals surface area contributed by atoms with Gasteiger partial charge in [-0.2, -0.15) is 5.10 Å². The lowest BCUT2D eigenvalue weighted by Crippen LogP contribution is -2.25. The topological polar surface area (TPSA) is 88.0 Å². The zero-order valence-electron chi connectivity index (χ0n) is 15.2. The average molecular weight is 409 g/mol. The van der Waals surface area contributed by atoms with Crippen LogP contribution < -0.4 is 10.2 Å². The third kappa shape index (κ3) is 5.75. The minimum absolute atomic E-state index is 0.366. The highest BCUT2D eigenvalue weighted by molar-refractivity contribution is 6.30.